The maximum atomic E-state index is 10.7. The van der Waals surface area contributed by atoms with Crippen molar-refractivity contribution in [1.82, 2.24) is 0 Å². The van der Waals surface area contributed by atoms with Crippen LogP contribution in [0.3, 0.4) is 0 Å². The molecule has 0 saturated heterocycles. The number of carboxylic acid groups (broad SMARTS) is 1. The molecule has 0 heterocycles. The minimum absolute atomic E-state index is 0.125. The maximum Gasteiger partial charge on any atom is 0.306 e. The molecule has 0 bridgehead atoms. The first-order valence-corrected chi connectivity index (χ1v) is 5.56. The summed E-state index contributed by atoms with van der Waals surface area (Å²) in [6.07, 6.45) is 4.52. The lowest BCUT2D eigenvalue weighted by atomic mass is 10.0. The predicted octanol–water partition coefficient (Wildman–Crippen LogP) is 2.96. The SMILES string of the molecule is CC(=O)CC=C=C(C)CCCC(C)C(=O)O. The van der Waals surface area contributed by atoms with E-state index in [0.29, 0.717) is 12.8 Å². The third-order valence-corrected chi connectivity index (χ3v) is 2.35. The van der Waals surface area contributed by atoms with Gasteiger partial charge in [-0.3, -0.25) is 9.59 Å². The van der Waals surface area contributed by atoms with Crippen LogP contribution in [0.15, 0.2) is 17.4 Å². The molecule has 0 aromatic heterocycles. The normalized spacial score (nSPS) is 11.4. The van der Waals surface area contributed by atoms with E-state index in [0.717, 1.165) is 18.4 Å². The van der Waals surface area contributed by atoms with Crippen molar-refractivity contribution in [2.75, 3.05) is 0 Å². The predicted molar refractivity (Wildman–Crippen MR) is 63.2 cm³/mol. The number of carbonyl (C=O) groups is 2. The summed E-state index contributed by atoms with van der Waals surface area (Å²) in [4.78, 5) is 21.2. The fraction of sp³-hybridized carbons (Fsp3) is 0.615. The Morgan fingerprint density at radius 3 is 2.50 bits per heavy atom. The molecule has 0 aliphatic heterocycles. The summed E-state index contributed by atoms with van der Waals surface area (Å²) in [7, 11) is 0. The van der Waals surface area contributed by atoms with Crippen LogP contribution in [0.5, 0.6) is 0 Å². The minimum atomic E-state index is -0.742. The Labute approximate surface area is 96.9 Å². The molecule has 0 radical (unpaired) electrons. The van der Waals surface area contributed by atoms with E-state index in [-0.39, 0.29) is 11.7 Å². The van der Waals surface area contributed by atoms with Crippen molar-refractivity contribution in [3.8, 4) is 0 Å². The summed E-state index contributed by atoms with van der Waals surface area (Å²) in [5.41, 5.74) is 4.11. The monoisotopic (exact) mass is 224 g/mol. The van der Waals surface area contributed by atoms with Gasteiger partial charge in [0.05, 0.1) is 5.92 Å². The van der Waals surface area contributed by atoms with Crippen molar-refractivity contribution >= 4 is 11.8 Å². The summed E-state index contributed by atoms with van der Waals surface area (Å²) < 4.78 is 0. The first-order chi connectivity index (χ1) is 7.43. The largest absolute Gasteiger partial charge is 0.481 e. The Hall–Kier alpha value is -1.34. The van der Waals surface area contributed by atoms with Gasteiger partial charge in [0.15, 0.2) is 0 Å². The molecule has 0 aromatic carbocycles. The molecule has 1 N–H and O–H groups in total. The second-order valence-electron chi connectivity index (χ2n) is 4.17. The summed E-state index contributed by atoms with van der Waals surface area (Å²) in [6.45, 7) is 5.21. The van der Waals surface area contributed by atoms with Crippen molar-refractivity contribution in [2.24, 2.45) is 5.92 Å². The second-order valence-corrected chi connectivity index (χ2v) is 4.17. The molecule has 0 aliphatic carbocycles. The molecule has 0 aliphatic rings. The van der Waals surface area contributed by atoms with Crippen LogP contribution in [0.2, 0.25) is 0 Å². The van der Waals surface area contributed by atoms with Gasteiger partial charge in [-0.1, -0.05) is 6.92 Å². The van der Waals surface area contributed by atoms with Crippen molar-refractivity contribution in [3.05, 3.63) is 17.4 Å². The number of rotatable bonds is 7. The zero-order chi connectivity index (χ0) is 12.6. The van der Waals surface area contributed by atoms with Crippen LogP contribution in [0.25, 0.3) is 0 Å². The topological polar surface area (TPSA) is 54.4 Å². The molecule has 0 saturated carbocycles. The van der Waals surface area contributed by atoms with E-state index in [2.05, 4.69) is 5.73 Å². The molecule has 3 nitrogen and oxygen atoms in total. The summed E-state index contributed by atoms with van der Waals surface area (Å²) in [6, 6.07) is 0. The van der Waals surface area contributed by atoms with E-state index < -0.39 is 5.97 Å². The van der Waals surface area contributed by atoms with Crippen LogP contribution < -0.4 is 0 Å². The number of carbonyl (C=O) groups excluding carboxylic acids is 1. The molecule has 0 rings (SSSR count). The van der Waals surface area contributed by atoms with Gasteiger partial charge in [-0.15, -0.1) is 5.73 Å². The smallest absolute Gasteiger partial charge is 0.306 e. The Kier molecular flexibility index (Phi) is 7.23. The molecule has 1 atom stereocenters. The molecule has 16 heavy (non-hydrogen) atoms. The molecule has 0 amide bonds. The van der Waals surface area contributed by atoms with Gasteiger partial charge in [0, 0.05) is 6.42 Å². The van der Waals surface area contributed by atoms with Gasteiger partial charge in [0.1, 0.15) is 5.78 Å². The van der Waals surface area contributed by atoms with E-state index in [1.54, 1.807) is 19.9 Å². The van der Waals surface area contributed by atoms with E-state index in [1.807, 2.05) is 6.92 Å². The molecule has 0 aromatic rings. The second kappa shape index (κ2) is 7.89. The van der Waals surface area contributed by atoms with Crippen molar-refractivity contribution in [1.29, 1.82) is 0 Å². The number of Topliss-reactive ketones (excluding diaryl/α,β-unsaturated/α-hetero) is 1. The van der Waals surface area contributed by atoms with Crippen LogP contribution in [-0.2, 0) is 9.59 Å². The Morgan fingerprint density at radius 2 is 2.00 bits per heavy atom. The van der Waals surface area contributed by atoms with Crippen LogP contribution in [0.4, 0.5) is 0 Å². The van der Waals surface area contributed by atoms with Crippen LogP contribution in [-0.4, -0.2) is 16.9 Å². The molecule has 0 fully saturated rings. The van der Waals surface area contributed by atoms with Crippen molar-refractivity contribution in [3.63, 3.8) is 0 Å². The van der Waals surface area contributed by atoms with Gasteiger partial charge in [0.2, 0.25) is 0 Å². The van der Waals surface area contributed by atoms with Gasteiger partial charge in [-0.05, 0) is 44.8 Å². The van der Waals surface area contributed by atoms with Gasteiger partial charge in [-0.25, -0.2) is 0 Å². The quantitative estimate of drug-likeness (QED) is 0.676. The average Bonchev–Trinajstić information content (AvgIpc) is 2.16. The van der Waals surface area contributed by atoms with E-state index in [4.69, 9.17) is 5.11 Å². The fourth-order valence-corrected chi connectivity index (χ4v) is 1.24. The average molecular weight is 224 g/mol. The Balaban J connectivity index is 3.89. The maximum absolute atomic E-state index is 10.7. The van der Waals surface area contributed by atoms with E-state index >= 15 is 0 Å². The zero-order valence-corrected chi connectivity index (χ0v) is 10.2. The summed E-state index contributed by atoms with van der Waals surface area (Å²) in [5, 5.41) is 8.68. The third kappa shape index (κ3) is 8.01. The molecular weight excluding hydrogens is 204 g/mol. The van der Waals surface area contributed by atoms with Gasteiger partial charge >= 0.3 is 5.97 Å². The molecule has 1 unspecified atom stereocenters. The van der Waals surface area contributed by atoms with Crippen LogP contribution in [0.1, 0.15) is 46.5 Å². The summed E-state index contributed by atoms with van der Waals surface area (Å²) >= 11 is 0. The molecule has 3 heteroatoms. The first kappa shape index (κ1) is 14.7. The highest BCUT2D eigenvalue weighted by Gasteiger charge is 2.09. The van der Waals surface area contributed by atoms with Gasteiger partial charge in [0.25, 0.3) is 0 Å². The third-order valence-electron chi connectivity index (χ3n) is 2.35. The number of hydrogen-bond acceptors (Lipinski definition) is 2. The van der Waals surface area contributed by atoms with Gasteiger partial charge in [-0.2, -0.15) is 0 Å². The van der Waals surface area contributed by atoms with Gasteiger partial charge < -0.3 is 5.11 Å². The van der Waals surface area contributed by atoms with Crippen molar-refractivity contribution in [2.45, 2.75) is 46.5 Å². The van der Waals surface area contributed by atoms with E-state index in [9.17, 15) is 9.59 Å². The highest BCUT2D eigenvalue weighted by atomic mass is 16.4. The lowest BCUT2D eigenvalue weighted by molar-refractivity contribution is -0.141. The summed E-state index contributed by atoms with van der Waals surface area (Å²) in [5.74, 6) is -0.900. The minimum Gasteiger partial charge on any atom is -0.481 e. The number of allylic oxidation sites excluding steroid dienone is 1. The first-order valence-electron chi connectivity index (χ1n) is 5.56. The fourth-order valence-electron chi connectivity index (χ4n) is 1.24. The lowest BCUT2D eigenvalue weighted by Gasteiger charge is -2.04. The molecule has 0 spiro atoms. The van der Waals surface area contributed by atoms with Crippen LogP contribution >= 0.6 is 0 Å². The number of hydrogen-bond donors (Lipinski definition) is 1. The van der Waals surface area contributed by atoms with Crippen LogP contribution in [0, 0.1) is 5.92 Å². The molecular formula is C13H20O3. The Bertz CT molecular complexity index is 309. The zero-order valence-electron chi connectivity index (χ0n) is 10.2. The number of carboxylic acids is 1. The number of aliphatic carboxylic acids is 1. The Morgan fingerprint density at radius 1 is 1.38 bits per heavy atom. The number of ketones is 1. The van der Waals surface area contributed by atoms with E-state index in [1.165, 1.54) is 0 Å². The molecule has 90 valence electrons. The highest BCUT2D eigenvalue weighted by molar-refractivity contribution is 5.76. The lowest BCUT2D eigenvalue weighted by Crippen LogP contribution is -2.08. The highest BCUT2D eigenvalue weighted by Crippen LogP contribution is 2.11. The standard InChI is InChI=1S/C13H20O3/c1-10(7-5-9-12(3)14)6-4-8-11(2)13(15)16/h5,11H,4,6,8-9H2,1-3H3,(H,15,16). The van der Waals surface area contributed by atoms with Crippen molar-refractivity contribution < 1.29 is 14.7 Å².